The van der Waals surface area contributed by atoms with E-state index in [2.05, 4.69) is 4.98 Å². The lowest BCUT2D eigenvalue weighted by atomic mass is 10.1. The molecule has 1 aromatic carbocycles. The van der Waals surface area contributed by atoms with Crippen LogP contribution in [0.15, 0.2) is 48.8 Å². The van der Waals surface area contributed by atoms with Gasteiger partial charge >= 0.3 is 18.1 Å². The Morgan fingerprint density at radius 2 is 1.83 bits per heavy atom. The number of aromatic carboxylic acids is 1. The molecule has 0 aliphatic rings. The lowest BCUT2D eigenvalue weighted by molar-refractivity contribution is -0.170. The fourth-order valence-corrected chi connectivity index (χ4v) is 1.98. The Balaban J connectivity index is 2.50. The third-order valence-corrected chi connectivity index (χ3v) is 2.98. The highest BCUT2D eigenvalue weighted by Crippen LogP contribution is 2.28. The van der Waals surface area contributed by atoms with Gasteiger partial charge in [0.15, 0.2) is 0 Å². The van der Waals surface area contributed by atoms with Crippen LogP contribution in [0.5, 0.6) is 0 Å². The number of rotatable bonds is 4. The van der Waals surface area contributed by atoms with Crippen molar-refractivity contribution in [1.29, 1.82) is 0 Å². The van der Waals surface area contributed by atoms with Crippen molar-refractivity contribution in [1.82, 2.24) is 4.98 Å². The SMILES string of the molecule is O=C(O)c1ccccc1N(Cc1cccnc1)C(=O)C(F)(F)F. The number of halogens is 3. The molecular formula is C15H11F3N2O3. The number of pyridine rings is 1. The van der Waals surface area contributed by atoms with Crippen LogP contribution >= 0.6 is 0 Å². The minimum atomic E-state index is -5.13. The molecule has 0 unspecified atom stereocenters. The summed E-state index contributed by atoms with van der Waals surface area (Å²) in [6.45, 7) is -0.448. The van der Waals surface area contributed by atoms with E-state index in [0.717, 1.165) is 12.1 Å². The van der Waals surface area contributed by atoms with Crippen LogP contribution in [0.1, 0.15) is 15.9 Å². The summed E-state index contributed by atoms with van der Waals surface area (Å²) in [5, 5.41) is 9.13. The largest absolute Gasteiger partial charge is 0.478 e. The molecule has 0 saturated heterocycles. The Morgan fingerprint density at radius 1 is 1.13 bits per heavy atom. The molecule has 0 aliphatic heterocycles. The molecule has 5 nitrogen and oxygen atoms in total. The zero-order valence-corrected chi connectivity index (χ0v) is 11.6. The quantitative estimate of drug-likeness (QED) is 0.939. The van der Waals surface area contributed by atoms with Gasteiger partial charge in [-0.15, -0.1) is 0 Å². The molecule has 1 heterocycles. The number of benzene rings is 1. The Kier molecular flexibility index (Phi) is 4.63. The zero-order valence-electron chi connectivity index (χ0n) is 11.6. The Labute approximate surface area is 129 Å². The number of para-hydroxylation sites is 1. The van der Waals surface area contributed by atoms with Crippen molar-refractivity contribution < 1.29 is 27.9 Å². The van der Waals surface area contributed by atoms with Crippen LogP contribution in [0.4, 0.5) is 18.9 Å². The average Bonchev–Trinajstić information content (AvgIpc) is 2.52. The Morgan fingerprint density at radius 3 is 2.39 bits per heavy atom. The predicted molar refractivity (Wildman–Crippen MR) is 74.9 cm³/mol. The second-order valence-electron chi connectivity index (χ2n) is 4.57. The minimum Gasteiger partial charge on any atom is -0.478 e. The van der Waals surface area contributed by atoms with E-state index in [4.69, 9.17) is 5.11 Å². The molecule has 2 rings (SSSR count). The van der Waals surface area contributed by atoms with Crippen molar-refractivity contribution in [3.05, 3.63) is 59.9 Å². The lowest BCUT2D eigenvalue weighted by Crippen LogP contribution is -2.41. The molecule has 23 heavy (non-hydrogen) atoms. The molecule has 0 saturated carbocycles. The van der Waals surface area contributed by atoms with Crippen molar-refractivity contribution in [2.24, 2.45) is 0 Å². The van der Waals surface area contributed by atoms with E-state index in [1.165, 1.54) is 36.7 Å². The smallest absolute Gasteiger partial charge is 0.471 e. The van der Waals surface area contributed by atoms with Gasteiger partial charge in [-0.2, -0.15) is 13.2 Å². The number of anilines is 1. The normalized spacial score (nSPS) is 11.1. The highest BCUT2D eigenvalue weighted by molar-refractivity contribution is 6.03. The van der Waals surface area contributed by atoms with Crippen LogP contribution in [0.25, 0.3) is 0 Å². The first kappa shape index (κ1) is 16.5. The highest BCUT2D eigenvalue weighted by atomic mass is 19.4. The summed E-state index contributed by atoms with van der Waals surface area (Å²) >= 11 is 0. The van der Waals surface area contributed by atoms with E-state index < -0.39 is 30.2 Å². The fraction of sp³-hybridized carbons (Fsp3) is 0.133. The summed E-state index contributed by atoms with van der Waals surface area (Å²) in [4.78, 5) is 27.1. The number of alkyl halides is 3. The minimum absolute atomic E-state index is 0.328. The molecule has 1 aromatic heterocycles. The molecule has 0 aliphatic carbocycles. The van der Waals surface area contributed by atoms with E-state index >= 15 is 0 Å². The summed E-state index contributed by atoms with van der Waals surface area (Å²) in [5.41, 5.74) is -0.384. The number of carboxylic acids is 1. The summed E-state index contributed by atoms with van der Waals surface area (Å²) in [7, 11) is 0. The van der Waals surface area contributed by atoms with Gasteiger partial charge in [0.25, 0.3) is 0 Å². The first-order chi connectivity index (χ1) is 10.8. The number of nitrogens with zero attached hydrogens (tertiary/aromatic N) is 2. The fourth-order valence-electron chi connectivity index (χ4n) is 1.98. The van der Waals surface area contributed by atoms with Crippen molar-refractivity contribution in [3.63, 3.8) is 0 Å². The van der Waals surface area contributed by atoms with Gasteiger partial charge in [0.05, 0.1) is 17.8 Å². The monoisotopic (exact) mass is 324 g/mol. The van der Waals surface area contributed by atoms with Crippen LogP contribution in [-0.2, 0) is 11.3 Å². The van der Waals surface area contributed by atoms with Crippen LogP contribution < -0.4 is 4.90 Å². The summed E-state index contributed by atoms with van der Waals surface area (Å²) in [6.07, 6.45) is -2.39. The summed E-state index contributed by atoms with van der Waals surface area (Å²) < 4.78 is 38.6. The van der Waals surface area contributed by atoms with Crippen molar-refractivity contribution in [2.75, 3.05) is 4.90 Å². The van der Waals surface area contributed by atoms with Crippen molar-refractivity contribution >= 4 is 17.6 Å². The number of carbonyl (C=O) groups excluding carboxylic acids is 1. The van der Waals surface area contributed by atoms with Gasteiger partial charge in [0.2, 0.25) is 0 Å². The number of amides is 1. The molecular weight excluding hydrogens is 313 g/mol. The topological polar surface area (TPSA) is 70.5 Å². The summed E-state index contributed by atoms with van der Waals surface area (Å²) in [6, 6.07) is 8.03. The van der Waals surface area contributed by atoms with Gasteiger partial charge in [0, 0.05) is 12.4 Å². The summed E-state index contributed by atoms with van der Waals surface area (Å²) in [5.74, 6) is -3.57. The lowest BCUT2D eigenvalue weighted by Gasteiger charge is -2.25. The molecule has 1 N–H and O–H groups in total. The predicted octanol–water partition coefficient (Wildman–Crippen LogP) is 2.88. The Bertz CT molecular complexity index is 717. The van der Waals surface area contributed by atoms with Gasteiger partial charge < -0.3 is 5.11 Å². The number of aromatic nitrogens is 1. The average molecular weight is 324 g/mol. The number of hydrogen-bond acceptors (Lipinski definition) is 3. The number of hydrogen-bond donors (Lipinski definition) is 1. The molecule has 0 radical (unpaired) electrons. The van der Waals surface area contributed by atoms with E-state index in [0.29, 0.717) is 10.5 Å². The first-order valence-corrected chi connectivity index (χ1v) is 6.40. The van der Waals surface area contributed by atoms with Crippen LogP contribution in [0, 0.1) is 0 Å². The highest BCUT2D eigenvalue weighted by Gasteiger charge is 2.43. The van der Waals surface area contributed by atoms with E-state index in [1.807, 2.05) is 0 Å². The second-order valence-corrected chi connectivity index (χ2v) is 4.57. The van der Waals surface area contributed by atoms with Crippen LogP contribution in [0.3, 0.4) is 0 Å². The molecule has 0 bridgehead atoms. The first-order valence-electron chi connectivity index (χ1n) is 6.40. The van der Waals surface area contributed by atoms with Crippen LogP contribution in [0.2, 0.25) is 0 Å². The molecule has 8 heteroatoms. The van der Waals surface area contributed by atoms with Gasteiger partial charge in [-0.3, -0.25) is 14.7 Å². The number of carbonyl (C=O) groups is 2. The van der Waals surface area contributed by atoms with E-state index in [-0.39, 0.29) is 5.69 Å². The van der Waals surface area contributed by atoms with Crippen LogP contribution in [-0.4, -0.2) is 28.1 Å². The maximum absolute atomic E-state index is 12.9. The van der Waals surface area contributed by atoms with Gasteiger partial charge in [-0.05, 0) is 23.8 Å². The molecule has 0 atom stereocenters. The molecule has 0 spiro atoms. The second kappa shape index (κ2) is 6.47. The number of carboxylic acid groups (broad SMARTS) is 1. The third kappa shape index (κ3) is 3.85. The van der Waals surface area contributed by atoms with Gasteiger partial charge in [-0.25, -0.2) is 4.79 Å². The van der Waals surface area contributed by atoms with Gasteiger partial charge in [-0.1, -0.05) is 18.2 Å². The maximum atomic E-state index is 12.9. The Hall–Kier alpha value is -2.90. The van der Waals surface area contributed by atoms with E-state index in [1.54, 1.807) is 0 Å². The zero-order chi connectivity index (χ0) is 17.0. The molecule has 0 fully saturated rings. The van der Waals surface area contributed by atoms with E-state index in [9.17, 15) is 22.8 Å². The molecule has 2 aromatic rings. The standard InChI is InChI=1S/C15H11F3N2O3/c16-15(17,18)14(23)20(9-10-4-3-7-19-8-10)12-6-2-1-5-11(12)13(21)22/h1-8H,9H2,(H,21,22). The third-order valence-electron chi connectivity index (χ3n) is 2.98. The van der Waals surface area contributed by atoms with Gasteiger partial charge in [0.1, 0.15) is 0 Å². The molecule has 120 valence electrons. The maximum Gasteiger partial charge on any atom is 0.471 e. The van der Waals surface area contributed by atoms with Crippen molar-refractivity contribution in [2.45, 2.75) is 12.7 Å². The molecule has 1 amide bonds. The van der Waals surface area contributed by atoms with Crippen molar-refractivity contribution in [3.8, 4) is 0 Å².